The van der Waals surface area contributed by atoms with Gasteiger partial charge < -0.3 is 29.5 Å². The van der Waals surface area contributed by atoms with Gasteiger partial charge in [0.15, 0.2) is 0 Å². The minimum atomic E-state index is -3.22. The second-order valence-electron chi connectivity index (χ2n) is 8.45. The molecule has 188 valence electrons. The molecular weight excluding hydrogens is 462 g/mol. The predicted molar refractivity (Wildman–Crippen MR) is 129 cm³/mol. The molecule has 3 heterocycles. The zero-order chi connectivity index (χ0) is 24.2. The fraction of sp³-hybridized carbons (Fsp3) is 0.636. The Morgan fingerprint density at radius 1 is 1.24 bits per heavy atom. The lowest BCUT2D eigenvalue weighted by Crippen LogP contribution is -2.49. The number of sulfonamides is 1. The zero-order valence-electron chi connectivity index (χ0n) is 19.7. The number of nitrogens with one attached hydrogen (secondary N) is 1. The first-order valence-electron chi connectivity index (χ1n) is 11.5. The molecular formula is C22H33N5O6S. The fourth-order valence-corrected chi connectivity index (χ4v) is 5.38. The largest absolute Gasteiger partial charge is 0.497 e. The van der Waals surface area contributed by atoms with Gasteiger partial charge in [-0.25, -0.2) is 13.4 Å². The van der Waals surface area contributed by atoms with E-state index in [1.165, 1.54) is 4.31 Å². The van der Waals surface area contributed by atoms with E-state index >= 15 is 0 Å². The number of aliphatic hydroxyl groups excluding tert-OH is 1. The second-order valence-corrected chi connectivity index (χ2v) is 10.7. The topological polar surface area (TPSA) is 126 Å². The molecule has 2 N–H and O–H groups in total. The average Bonchev–Trinajstić information content (AvgIpc) is 3.34. The molecule has 2 aliphatic rings. The van der Waals surface area contributed by atoms with E-state index in [1.54, 1.807) is 14.0 Å². The van der Waals surface area contributed by atoms with Crippen molar-refractivity contribution in [2.75, 3.05) is 82.2 Å². The van der Waals surface area contributed by atoms with Gasteiger partial charge in [-0.05, 0) is 25.1 Å². The van der Waals surface area contributed by atoms with Crippen molar-refractivity contribution in [3.63, 3.8) is 0 Å². The van der Waals surface area contributed by atoms with Crippen LogP contribution in [0.2, 0.25) is 0 Å². The third-order valence-corrected chi connectivity index (χ3v) is 8.20. The van der Waals surface area contributed by atoms with Gasteiger partial charge in [-0.1, -0.05) is 0 Å². The normalized spacial score (nSPS) is 21.8. The average molecular weight is 496 g/mol. The Morgan fingerprint density at radius 3 is 2.68 bits per heavy atom. The summed E-state index contributed by atoms with van der Waals surface area (Å²) in [6.45, 7) is 5.19. The summed E-state index contributed by atoms with van der Waals surface area (Å²) in [5.41, 5.74) is 0.214. The highest BCUT2D eigenvalue weighted by atomic mass is 32.2. The molecule has 34 heavy (non-hydrogen) atoms. The lowest BCUT2D eigenvalue weighted by molar-refractivity contribution is -0.0520. The van der Waals surface area contributed by atoms with Crippen molar-refractivity contribution in [2.24, 2.45) is 0 Å². The van der Waals surface area contributed by atoms with Gasteiger partial charge in [-0.15, -0.1) is 0 Å². The van der Waals surface area contributed by atoms with E-state index in [9.17, 15) is 13.5 Å². The SMILES string of the molecule is CCS(=O)(=O)N1CCN(c2nc(NCC3(OCCO)CCOC3)nc3ccc(OC)cc23)CC1. The summed E-state index contributed by atoms with van der Waals surface area (Å²) in [6, 6.07) is 5.64. The number of benzene rings is 1. The number of hydrogen-bond donors (Lipinski definition) is 2. The maximum absolute atomic E-state index is 12.3. The molecule has 0 bridgehead atoms. The van der Waals surface area contributed by atoms with Crippen molar-refractivity contribution >= 4 is 32.7 Å². The minimum absolute atomic E-state index is 0.0556. The molecule has 2 aliphatic heterocycles. The molecule has 12 heteroatoms. The summed E-state index contributed by atoms with van der Waals surface area (Å²) in [4.78, 5) is 11.6. The molecule has 2 fully saturated rings. The van der Waals surface area contributed by atoms with Gasteiger partial charge in [0, 0.05) is 51.1 Å². The van der Waals surface area contributed by atoms with Crippen LogP contribution in [0.5, 0.6) is 5.75 Å². The third-order valence-electron chi connectivity index (χ3n) is 6.31. The quantitative estimate of drug-likeness (QED) is 0.486. The van der Waals surface area contributed by atoms with Crippen LogP contribution in [0.1, 0.15) is 13.3 Å². The lowest BCUT2D eigenvalue weighted by Gasteiger charge is -2.35. The van der Waals surface area contributed by atoms with Crippen LogP contribution in [0.15, 0.2) is 18.2 Å². The number of methoxy groups -OCH3 is 1. The Kier molecular flexibility index (Phi) is 7.73. The molecule has 4 rings (SSSR count). The lowest BCUT2D eigenvalue weighted by atomic mass is 10.0. The molecule has 1 unspecified atom stereocenters. The number of aromatic nitrogens is 2. The first kappa shape index (κ1) is 24.9. The summed E-state index contributed by atoms with van der Waals surface area (Å²) in [6.07, 6.45) is 0.714. The summed E-state index contributed by atoms with van der Waals surface area (Å²) in [5.74, 6) is 1.98. The highest BCUT2D eigenvalue weighted by Gasteiger charge is 2.36. The van der Waals surface area contributed by atoms with Gasteiger partial charge in [0.1, 0.15) is 17.2 Å². The molecule has 1 aromatic carbocycles. The number of fused-ring (bicyclic) bond motifs is 1. The number of piperazine rings is 1. The van der Waals surface area contributed by atoms with Gasteiger partial charge in [0.05, 0.1) is 38.2 Å². The smallest absolute Gasteiger partial charge is 0.225 e. The number of nitrogens with zero attached hydrogens (tertiary/aromatic N) is 4. The van der Waals surface area contributed by atoms with E-state index in [0.717, 1.165) is 16.7 Å². The monoisotopic (exact) mass is 495 g/mol. The van der Waals surface area contributed by atoms with Gasteiger partial charge in [-0.3, -0.25) is 0 Å². The van der Waals surface area contributed by atoms with Crippen LogP contribution in [0, 0.1) is 0 Å². The van der Waals surface area contributed by atoms with Crippen LogP contribution in [0.3, 0.4) is 0 Å². The molecule has 0 spiro atoms. The molecule has 2 saturated heterocycles. The van der Waals surface area contributed by atoms with Crippen molar-refractivity contribution in [3.8, 4) is 5.75 Å². The Morgan fingerprint density at radius 2 is 2.03 bits per heavy atom. The number of hydrogen-bond acceptors (Lipinski definition) is 10. The van der Waals surface area contributed by atoms with Crippen molar-refractivity contribution in [3.05, 3.63) is 18.2 Å². The van der Waals surface area contributed by atoms with Crippen molar-refractivity contribution in [1.29, 1.82) is 0 Å². The maximum atomic E-state index is 12.3. The van der Waals surface area contributed by atoms with Crippen LogP contribution in [-0.2, 0) is 19.5 Å². The van der Waals surface area contributed by atoms with Gasteiger partial charge in [0.2, 0.25) is 16.0 Å². The van der Waals surface area contributed by atoms with Crippen LogP contribution >= 0.6 is 0 Å². The molecule has 0 aliphatic carbocycles. The van der Waals surface area contributed by atoms with Crippen LogP contribution in [0.4, 0.5) is 11.8 Å². The van der Waals surface area contributed by atoms with Gasteiger partial charge in [0.25, 0.3) is 0 Å². The third kappa shape index (κ3) is 5.36. The maximum Gasteiger partial charge on any atom is 0.225 e. The van der Waals surface area contributed by atoms with E-state index in [-0.39, 0.29) is 19.0 Å². The Labute approximate surface area is 200 Å². The number of rotatable bonds is 10. The van der Waals surface area contributed by atoms with Crippen LogP contribution in [-0.4, -0.2) is 105 Å². The standard InChI is InChI=1S/C22H33N5O6S/c1-3-34(29,30)27-9-7-26(8-10-27)20-18-14-17(31-2)4-5-19(18)24-21(25-20)23-15-22(33-13-11-28)6-12-32-16-22/h4-5,14,28H,3,6-13,15-16H2,1-2H3,(H,23,24,25). The summed E-state index contributed by atoms with van der Waals surface area (Å²) < 4.78 is 42.9. The molecule has 0 saturated carbocycles. The first-order valence-corrected chi connectivity index (χ1v) is 13.2. The molecule has 2 aromatic rings. The van der Waals surface area contributed by atoms with Crippen LogP contribution in [0.25, 0.3) is 10.9 Å². The highest BCUT2D eigenvalue weighted by Crippen LogP contribution is 2.31. The van der Waals surface area contributed by atoms with E-state index < -0.39 is 15.6 Å². The van der Waals surface area contributed by atoms with Gasteiger partial charge in [-0.2, -0.15) is 9.29 Å². The van der Waals surface area contributed by atoms with E-state index in [0.29, 0.717) is 64.1 Å². The van der Waals surface area contributed by atoms with E-state index in [1.807, 2.05) is 18.2 Å². The van der Waals surface area contributed by atoms with E-state index in [4.69, 9.17) is 19.2 Å². The zero-order valence-corrected chi connectivity index (χ0v) is 20.5. The highest BCUT2D eigenvalue weighted by molar-refractivity contribution is 7.89. The first-order chi connectivity index (χ1) is 16.4. The van der Waals surface area contributed by atoms with Crippen molar-refractivity contribution < 1.29 is 27.7 Å². The summed E-state index contributed by atoms with van der Waals surface area (Å²) in [5, 5.41) is 13.3. The Bertz CT molecular complexity index is 1080. The number of ether oxygens (including phenoxy) is 3. The number of anilines is 2. The predicted octanol–water partition coefficient (Wildman–Crippen LogP) is 0.690. The number of aliphatic hydroxyl groups is 1. The molecule has 11 nitrogen and oxygen atoms in total. The van der Waals surface area contributed by atoms with Crippen LogP contribution < -0.4 is 15.0 Å². The van der Waals surface area contributed by atoms with Gasteiger partial charge >= 0.3 is 0 Å². The summed E-state index contributed by atoms with van der Waals surface area (Å²) >= 11 is 0. The molecule has 1 atom stereocenters. The van der Waals surface area contributed by atoms with E-state index in [2.05, 4.69) is 15.2 Å². The molecule has 0 radical (unpaired) electrons. The van der Waals surface area contributed by atoms with Crippen molar-refractivity contribution in [1.82, 2.24) is 14.3 Å². The Balaban J connectivity index is 1.60. The summed E-state index contributed by atoms with van der Waals surface area (Å²) in [7, 11) is -1.61. The second kappa shape index (κ2) is 10.6. The Hall–Kier alpha value is -2.25. The van der Waals surface area contributed by atoms with Crippen molar-refractivity contribution in [2.45, 2.75) is 18.9 Å². The molecule has 0 amide bonds. The fourth-order valence-electron chi connectivity index (χ4n) is 4.29. The minimum Gasteiger partial charge on any atom is -0.497 e. The molecule has 1 aromatic heterocycles.